The molecule has 0 saturated carbocycles. The van der Waals surface area contributed by atoms with E-state index in [1.165, 1.54) is 0 Å². The molecule has 7 rings (SSSR count). The van der Waals surface area contributed by atoms with Crippen molar-refractivity contribution in [2.24, 2.45) is 0 Å². The average molecular weight is 743 g/mol. The Balaban J connectivity index is 1.02. The van der Waals surface area contributed by atoms with Crippen molar-refractivity contribution in [2.75, 3.05) is 0 Å². The van der Waals surface area contributed by atoms with Crippen molar-refractivity contribution in [3.8, 4) is 34.5 Å². The van der Waals surface area contributed by atoms with E-state index in [4.69, 9.17) is 28.4 Å². The Hall–Kier alpha value is -7.32. The molecule has 0 radical (unpaired) electrons. The molecule has 8 nitrogen and oxygen atoms in total. The summed E-state index contributed by atoms with van der Waals surface area (Å²) in [5.41, 5.74) is 4.41. The lowest BCUT2D eigenvalue weighted by Crippen LogP contribution is -2.11. The van der Waals surface area contributed by atoms with Crippen molar-refractivity contribution in [1.29, 1.82) is 0 Å². The summed E-state index contributed by atoms with van der Waals surface area (Å²) >= 11 is 0. The molecule has 0 aliphatic rings. The van der Waals surface area contributed by atoms with Gasteiger partial charge in [0.05, 0.1) is 11.1 Å². The van der Waals surface area contributed by atoms with Gasteiger partial charge in [-0.05, 0) is 70.8 Å². The summed E-state index contributed by atoms with van der Waals surface area (Å²) in [6.07, 6.45) is 0. The fourth-order valence-corrected chi connectivity index (χ4v) is 5.58. The Bertz CT molecular complexity index is 2040. The normalized spacial score (nSPS) is 10.6. The number of hydrogen-bond donors (Lipinski definition) is 0. The van der Waals surface area contributed by atoms with Crippen LogP contribution in [-0.4, -0.2) is 11.9 Å². The van der Waals surface area contributed by atoms with Gasteiger partial charge in [-0.15, -0.1) is 0 Å². The highest BCUT2D eigenvalue weighted by atomic mass is 16.5. The third kappa shape index (κ3) is 10.9. The number of rotatable bonds is 16. The Labute approximate surface area is 325 Å². The molecular formula is C48H38O8. The van der Waals surface area contributed by atoms with Gasteiger partial charge in [0.2, 0.25) is 0 Å². The van der Waals surface area contributed by atoms with Gasteiger partial charge in [-0.1, -0.05) is 121 Å². The minimum Gasteiger partial charge on any atom is -0.489 e. The van der Waals surface area contributed by atoms with Gasteiger partial charge in [0.1, 0.15) is 60.9 Å². The number of benzene rings is 7. The molecule has 0 spiro atoms. The summed E-state index contributed by atoms with van der Waals surface area (Å²) in [6.45, 7) is 1.24. The predicted molar refractivity (Wildman–Crippen MR) is 212 cm³/mol. The van der Waals surface area contributed by atoms with Crippen LogP contribution in [0, 0.1) is 0 Å². The summed E-state index contributed by atoms with van der Waals surface area (Å²) in [4.78, 5) is 26.8. The number of esters is 2. The smallest absolute Gasteiger partial charge is 0.343 e. The van der Waals surface area contributed by atoms with E-state index in [0.717, 1.165) is 22.3 Å². The molecule has 0 fully saturated rings. The zero-order valence-electron chi connectivity index (χ0n) is 30.4. The largest absolute Gasteiger partial charge is 0.489 e. The van der Waals surface area contributed by atoms with Gasteiger partial charge in [-0.2, -0.15) is 0 Å². The highest BCUT2D eigenvalue weighted by Gasteiger charge is 2.16. The lowest BCUT2D eigenvalue weighted by molar-refractivity contribution is 0.0718. The minimum atomic E-state index is -0.611. The average Bonchev–Trinajstić information content (AvgIpc) is 3.25. The van der Waals surface area contributed by atoms with E-state index >= 15 is 0 Å². The number of hydrogen-bond acceptors (Lipinski definition) is 8. The van der Waals surface area contributed by atoms with Gasteiger partial charge in [0.15, 0.2) is 0 Å². The fourth-order valence-electron chi connectivity index (χ4n) is 5.58. The topological polar surface area (TPSA) is 89.5 Å². The first kappa shape index (κ1) is 37.0. The monoisotopic (exact) mass is 742 g/mol. The first-order chi connectivity index (χ1) is 27.5. The van der Waals surface area contributed by atoms with Gasteiger partial charge < -0.3 is 28.4 Å². The standard InChI is InChI=1S/C48H38O8/c49-47(39-25-43(51-31-35-13-5-1-6-14-35)29-44(26-39)52-32-36-15-7-2-8-16-36)55-41-21-23-42(24-22-41)56-48(50)40-27-45(53-33-37-17-9-3-10-18-37)30-46(28-40)54-34-38-19-11-4-12-20-38/h1-30H,31-34H2. The lowest BCUT2D eigenvalue weighted by atomic mass is 10.2. The molecule has 7 aromatic carbocycles. The third-order valence-electron chi connectivity index (χ3n) is 8.47. The minimum absolute atomic E-state index is 0.244. The van der Waals surface area contributed by atoms with E-state index in [1.54, 1.807) is 60.7 Å². The van der Waals surface area contributed by atoms with Crippen LogP contribution < -0.4 is 28.4 Å². The molecule has 8 heteroatoms. The first-order valence-electron chi connectivity index (χ1n) is 18.0. The summed E-state index contributed by atoms with van der Waals surface area (Å²) in [5, 5.41) is 0. The Morgan fingerprint density at radius 1 is 0.304 bits per heavy atom. The molecule has 0 aliphatic carbocycles. The molecule has 56 heavy (non-hydrogen) atoms. The van der Waals surface area contributed by atoms with E-state index in [0.29, 0.717) is 49.4 Å². The van der Waals surface area contributed by atoms with Crippen molar-refractivity contribution < 1.29 is 38.0 Å². The van der Waals surface area contributed by atoms with Crippen LogP contribution in [0.15, 0.2) is 182 Å². The van der Waals surface area contributed by atoms with Gasteiger partial charge >= 0.3 is 11.9 Å². The van der Waals surface area contributed by atoms with E-state index in [2.05, 4.69) is 0 Å². The van der Waals surface area contributed by atoms with Crippen molar-refractivity contribution in [3.63, 3.8) is 0 Å². The van der Waals surface area contributed by atoms with E-state index < -0.39 is 11.9 Å². The maximum Gasteiger partial charge on any atom is 0.343 e. The van der Waals surface area contributed by atoms with E-state index in [-0.39, 0.29) is 22.6 Å². The Kier molecular flexibility index (Phi) is 12.3. The second-order valence-corrected chi connectivity index (χ2v) is 12.7. The van der Waals surface area contributed by atoms with Crippen LogP contribution in [0.4, 0.5) is 0 Å². The van der Waals surface area contributed by atoms with Crippen molar-refractivity contribution in [1.82, 2.24) is 0 Å². The molecule has 278 valence electrons. The summed E-state index contributed by atoms with van der Waals surface area (Å²) < 4.78 is 35.6. The Morgan fingerprint density at radius 2 is 0.554 bits per heavy atom. The van der Waals surface area contributed by atoms with Gasteiger partial charge in [0, 0.05) is 12.1 Å². The predicted octanol–water partition coefficient (Wildman–Crippen LogP) is 10.4. The van der Waals surface area contributed by atoms with Gasteiger partial charge in [-0.25, -0.2) is 9.59 Å². The third-order valence-corrected chi connectivity index (χ3v) is 8.47. The van der Waals surface area contributed by atoms with Gasteiger partial charge in [0.25, 0.3) is 0 Å². The summed E-state index contributed by atoms with van der Waals surface area (Å²) in [5.74, 6) is 1.11. The van der Waals surface area contributed by atoms with Crippen LogP contribution >= 0.6 is 0 Å². The SMILES string of the molecule is O=C(Oc1ccc(OC(=O)c2cc(OCc3ccccc3)cc(OCc3ccccc3)c2)cc1)c1cc(OCc2ccccc2)cc(OCc2ccccc2)c1. The van der Waals surface area contributed by atoms with Crippen molar-refractivity contribution in [3.05, 3.63) is 215 Å². The highest BCUT2D eigenvalue weighted by Crippen LogP contribution is 2.29. The lowest BCUT2D eigenvalue weighted by Gasteiger charge is -2.13. The second-order valence-electron chi connectivity index (χ2n) is 12.7. The van der Waals surface area contributed by atoms with Crippen LogP contribution in [0.5, 0.6) is 34.5 Å². The molecule has 0 amide bonds. The Morgan fingerprint density at radius 3 is 0.804 bits per heavy atom. The quantitative estimate of drug-likeness (QED) is 0.0714. The zero-order valence-corrected chi connectivity index (χ0v) is 30.4. The first-order valence-corrected chi connectivity index (χ1v) is 18.0. The fraction of sp³-hybridized carbons (Fsp3) is 0.0833. The molecule has 0 heterocycles. The second kappa shape index (κ2) is 18.6. The summed E-state index contributed by atoms with van der Waals surface area (Å²) in [6, 6.07) is 55.1. The molecule has 7 aromatic rings. The van der Waals surface area contributed by atoms with E-state index in [9.17, 15) is 9.59 Å². The molecular weight excluding hydrogens is 705 g/mol. The van der Waals surface area contributed by atoms with Crippen LogP contribution in [0.3, 0.4) is 0 Å². The molecule has 0 N–H and O–H groups in total. The van der Waals surface area contributed by atoms with Crippen LogP contribution in [0.1, 0.15) is 43.0 Å². The number of carbonyl (C=O) groups excluding carboxylic acids is 2. The molecule has 0 unspecified atom stereocenters. The van der Waals surface area contributed by atoms with Crippen molar-refractivity contribution >= 4 is 11.9 Å². The number of ether oxygens (including phenoxy) is 6. The molecule has 0 saturated heterocycles. The van der Waals surface area contributed by atoms with E-state index in [1.807, 2.05) is 121 Å². The highest BCUT2D eigenvalue weighted by molar-refractivity contribution is 5.93. The van der Waals surface area contributed by atoms with Crippen LogP contribution in [0.2, 0.25) is 0 Å². The van der Waals surface area contributed by atoms with Crippen LogP contribution in [0.25, 0.3) is 0 Å². The summed E-state index contributed by atoms with van der Waals surface area (Å²) in [7, 11) is 0. The number of carbonyl (C=O) groups is 2. The maximum absolute atomic E-state index is 13.4. The maximum atomic E-state index is 13.4. The molecule has 0 aliphatic heterocycles. The molecule has 0 bridgehead atoms. The molecule has 0 atom stereocenters. The zero-order chi connectivity index (χ0) is 38.4. The van der Waals surface area contributed by atoms with Gasteiger partial charge in [-0.3, -0.25) is 0 Å². The van der Waals surface area contributed by atoms with Crippen molar-refractivity contribution in [2.45, 2.75) is 26.4 Å². The molecule has 0 aromatic heterocycles. The van der Waals surface area contributed by atoms with Crippen LogP contribution in [-0.2, 0) is 26.4 Å².